The lowest BCUT2D eigenvalue weighted by atomic mass is 10.1. The first kappa shape index (κ1) is 11.2. The Bertz CT molecular complexity index is 511. The Morgan fingerprint density at radius 3 is 3.22 bits per heavy atom. The van der Waals surface area contributed by atoms with E-state index in [0.717, 1.165) is 44.1 Å². The molecule has 94 valence electrons. The number of nitrogens with one attached hydrogen (secondary N) is 1. The van der Waals surface area contributed by atoms with E-state index >= 15 is 0 Å². The second kappa shape index (κ2) is 5.18. The van der Waals surface area contributed by atoms with Crippen molar-refractivity contribution in [2.24, 2.45) is 0 Å². The molecule has 0 saturated carbocycles. The van der Waals surface area contributed by atoms with Gasteiger partial charge in [-0.2, -0.15) is 4.98 Å². The van der Waals surface area contributed by atoms with Gasteiger partial charge in [0.2, 0.25) is 6.39 Å². The highest BCUT2D eigenvalue weighted by Crippen LogP contribution is 2.25. The fraction of sp³-hybridized carbons (Fsp3) is 0.385. The molecule has 0 radical (unpaired) electrons. The maximum absolute atomic E-state index is 5.48. The van der Waals surface area contributed by atoms with Crippen molar-refractivity contribution < 1.29 is 9.26 Å². The minimum Gasteiger partial charge on any atom is -0.493 e. The second-order valence-electron chi connectivity index (χ2n) is 4.31. The first-order valence-corrected chi connectivity index (χ1v) is 6.12. The largest absolute Gasteiger partial charge is 0.493 e. The van der Waals surface area contributed by atoms with Crippen LogP contribution >= 0.6 is 0 Å². The summed E-state index contributed by atoms with van der Waals surface area (Å²) < 4.78 is 10.2. The van der Waals surface area contributed by atoms with E-state index in [2.05, 4.69) is 38.2 Å². The molecule has 1 aliphatic rings. The summed E-state index contributed by atoms with van der Waals surface area (Å²) in [4.78, 5) is 3.97. The smallest absolute Gasteiger partial charge is 0.213 e. The maximum atomic E-state index is 5.48. The van der Waals surface area contributed by atoms with E-state index in [1.807, 2.05) is 0 Å². The molecule has 5 heteroatoms. The number of hydrogen-bond acceptors (Lipinski definition) is 5. The number of hydrogen-bond donors (Lipinski definition) is 1. The molecule has 1 N–H and O–H groups in total. The molecular formula is C13H15N3O2. The third-order valence-corrected chi connectivity index (χ3v) is 3.02. The minimum atomic E-state index is 0.741. The van der Waals surface area contributed by atoms with Gasteiger partial charge < -0.3 is 14.6 Å². The highest BCUT2D eigenvalue weighted by atomic mass is 16.5. The summed E-state index contributed by atoms with van der Waals surface area (Å²) in [6.45, 7) is 2.50. The molecule has 2 aromatic rings. The van der Waals surface area contributed by atoms with Crippen LogP contribution < -0.4 is 10.1 Å². The summed E-state index contributed by atoms with van der Waals surface area (Å²) in [5, 5.41) is 7.13. The Morgan fingerprint density at radius 2 is 2.33 bits per heavy atom. The lowest BCUT2D eigenvalue weighted by Crippen LogP contribution is -2.17. The quantitative estimate of drug-likeness (QED) is 0.805. The van der Waals surface area contributed by atoms with Gasteiger partial charge >= 0.3 is 0 Å². The van der Waals surface area contributed by atoms with Crippen LogP contribution in [0.25, 0.3) is 0 Å². The van der Waals surface area contributed by atoms with E-state index in [0.29, 0.717) is 0 Å². The van der Waals surface area contributed by atoms with Crippen LogP contribution in [0, 0.1) is 0 Å². The van der Waals surface area contributed by atoms with E-state index in [-0.39, 0.29) is 0 Å². The molecule has 0 atom stereocenters. The molecule has 0 spiro atoms. The lowest BCUT2D eigenvalue weighted by molar-refractivity contribution is 0.357. The maximum Gasteiger partial charge on any atom is 0.213 e. The van der Waals surface area contributed by atoms with Gasteiger partial charge in [-0.3, -0.25) is 0 Å². The Hall–Kier alpha value is -1.88. The monoisotopic (exact) mass is 245 g/mol. The van der Waals surface area contributed by atoms with E-state index in [1.54, 1.807) is 0 Å². The number of aromatic nitrogens is 2. The van der Waals surface area contributed by atoms with Gasteiger partial charge in [0.25, 0.3) is 0 Å². The van der Waals surface area contributed by atoms with Crippen LogP contribution in [0.4, 0.5) is 0 Å². The summed E-state index contributed by atoms with van der Waals surface area (Å²) in [6.07, 6.45) is 3.16. The normalized spacial score (nSPS) is 13.3. The van der Waals surface area contributed by atoms with Crippen molar-refractivity contribution in [3.8, 4) is 5.75 Å². The summed E-state index contributed by atoms with van der Waals surface area (Å²) in [5.74, 6) is 1.77. The Kier molecular flexibility index (Phi) is 3.23. The van der Waals surface area contributed by atoms with Crippen LogP contribution in [0.15, 0.2) is 29.1 Å². The zero-order valence-electron chi connectivity index (χ0n) is 10.1. The van der Waals surface area contributed by atoms with Gasteiger partial charge in [0.15, 0.2) is 5.82 Å². The molecule has 0 aliphatic carbocycles. The second-order valence-corrected chi connectivity index (χ2v) is 4.31. The zero-order valence-corrected chi connectivity index (χ0v) is 10.1. The summed E-state index contributed by atoms with van der Waals surface area (Å²) in [5.41, 5.74) is 2.60. The third kappa shape index (κ3) is 2.51. The summed E-state index contributed by atoms with van der Waals surface area (Å²) in [6, 6.07) is 6.37. The lowest BCUT2D eigenvalue weighted by Gasteiger charge is -2.05. The van der Waals surface area contributed by atoms with Crippen molar-refractivity contribution in [3.05, 3.63) is 41.5 Å². The first-order valence-electron chi connectivity index (χ1n) is 6.12. The minimum absolute atomic E-state index is 0.741. The van der Waals surface area contributed by atoms with Gasteiger partial charge in [-0.25, -0.2) is 0 Å². The average molecular weight is 245 g/mol. The summed E-state index contributed by atoms with van der Waals surface area (Å²) >= 11 is 0. The van der Waals surface area contributed by atoms with Crippen molar-refractivity contribution in [2.75, 3.05) is 13.2 Å². The Labute approximate surface area is 105 Å². The Balaban J connectivity index is 1.48. The van der Waals surface area contributed by atoms with Crippen LogP contribution in [0.1, 0.15) is 17.0 Å². The predicted octanol–water partition coefficient (Wildman–Crippen LogP) is 1.34. The van der Waals surface area contributed by atoms with E-state index in [4.69, 9.17) is 4.74 Å². The standard InChI is InChI=1S/C13H15N3O2/c1-2-12-11(4-6-17-12)7-10(1)8-14-5-3-13-15-9-18-16-13/h1-2,7,9,14H,3-6,8H2. The highest BCUT2D eigenvalue weighted by molar-refractivity contribution is 5.39. The molecule has 0 amide bonds. The molecule has 1 aliphatic heterocycles. The predicted molar refractivity (Wildman–Crippen MR) is 65.3 cm³/mol. The molecule has 0 unspecified atom stereocenters. The van der Waals surface area contributed by atoms with Crippen molar-refractivity contribution in [3.63, 3.8) is 0 Å². The van der Waals surface area contributed by atoms with Crippen LogP contribution in [0.5, 0.6) is 5.75 Å². The van der Waals surface area contributed by atoms with Gasteiger partial charge in [-0.05, 0) is 17.2 Å². The molecule has 3 rings (SSSR count). The molecule has 18 heavy (non-hydrogen) atoms. The van der Waals surface area contributed by atoms with Crippen LogP contribution in [0.3, 0.4) is 0 Å². The molecule has 0 fully saturated rings. The first-order chi connectivity index (χ1) is 8.92. The van der Waals surface area contributed by atoms with Gasteiger partial charge in [-0.1, -0.05) is 17.3 Å². The molecule has 0 bridgehead atoms. The van der Waals surface area contributed by atoms with Crippen molar-refractivity contribution in [1.82, 2.24) is 15.5 Å². The number of fused-ring (bicyclic) bond motifs is 1. The molecule has 1 aromatic heterocycles. The van der Waals surface area contributed by atoms with Gasteiger partial charge in [0.1, 0.15) is 5.75 Å². The third-order valence-electron chi connectivity index (χ3n) is 3.02. The highest BCUT2D eigenvalue weighted by Gasteiger charge is 2.11. The SMILES string of the molecule is c1nc(CCNCc2ccc3c(c2)CCO3)no1. The topological polar surface area (TPSA) is 60.2 Å². The summed E-state index contributed by atoms with van der Waals surface area (Å²) in [7, 11) is 0. The van der Waals surface area contributed by atoms with Crippen LogP contribution in [-0.2, 0) is 19.4 Å². The number of rotatable bonds is 5. The molecular weight excluding hydrogens is 230 g/mol. The zero-order chi connectivity index (χ0) is 12.2. The molecule has 0 saturated heterocycles. The van der Waals surface area contributed by atoms with E-state index < -0.39 is 0 Å². The van der Waals surface area contributed by atoms with Crippen LogP contribution in [0.2, 0.25) is 0 Å². The van der Waals surface area contributed by atoms with Crippen molar-refractivity contribution in [2.45, 2.75) is 19.4 Å². The fourth-order valence-electron chi connectivity index (χ4n) is 2.09. The molecule has 1 aromatic carbocycles. The fourth-order valence-corrected chi connectivity index (χ4v) is 2.09. The number of ether oxygens (including phenoxy) is 1. The number of nitrogens with zero attached hydrogens (tertiary/aromatic N) is 2. The Morgan fingerprint density at radius 1 is 1.33 bits per heavy atom. The van der Waals surface area contributed by atoms with Gasteiger partial charge in [0, 0.05) is 25.9 Å². The molecule has 2 heterocycles. The average Bonchev–Trinajstić information content (AvgIpc) is 3.05. The van der Waals surface area contributed by atoms with Gasteiger partial charge in [0.05, 0.1) is 6.61 Å². The van der Waals surface area contributed by atoms with Crippen molar-refractivity contribution in [1.29, 1.82) is 0 Å². The van der Waals surface area contributed by atoms with E-state index in [1.165, 1.54) is 17.5 Å². The number of benzene rings is 1. The van der Waals surface area contributed by atoms with Gasteiger partial charge in [-0.15, -0.1) is 0 Å². The molecule has 5 nitrogen and oxygen atoms in total. The van der Waals surface area contributed by atoms with Crippen molar-refractivity contribution >= 4 is 0 Å². The van der Waals surface area contributed by atoms with E-state index in [9.17, 15) is 0 Å². The van der Waals surface area contributed by atoms with Crippen LogP contribution in [-0.4, -0.2) is 23.3 Å².